The van der Waals surface area contributed by atoms with Crippen LogP contribution >= 0.6 is 0 Å². The lowest BCUT2D eigenvalue weighted by Crippen LogP contribution is -2.16. The monoisotopic (exact) mass is 213 g/mol. The highest BCUT2D eigenvalue weighted by Gasteiger charge is 1.99. The molecule has 0 bridgehead atoms. The molecule has 1 aromatic rings. The molecule has 0 unspecified atom stereocenters. The van der Waals surface area contributed by atoms with E-state index in [1.54, 1.807) is 0 Å². The Kier molecular flexibility index (Phi) is 4.89. The first-order valence-corrected chi connectivity index (χ1v) is 5.32. The molecule has 1 aromatic carbocycles. The van der Waals surface area contributed by atoms with Gasteiger partial charge >= 0.3 is 0 Å². The minimum atomic E-state index is 0.397. The lowest BCUT2D eigenvalue weighted by Gasteiger charge is -2.15. The molecule has 3 nitrogen and oxygen atoms in total. The highest BCUT2D eigenvalue weighted by Crippen LogP contribution is 2.14. The zero-order valence-electron chi connectivity index (χ0n) is 9.48. The van der Waals surface area contributed by atoms with E-state index in [9.17, 15) is 0 Å². The molecule has 0 spiro atoms. The molecule has 0 atom stereocenters. The summed E-state index contributed by atoms with van der Waals surface area (Å²) in [5.41, 5.74) is 2.29. The molecule has 3 heteroatoms. The average molecular weight is 213 g/mol. The molecular weight excluding hydrogens is 198 g/mol. The fourth-order valence-corrected chi connectivity index (χ4v) is 1.49. The van der Waals surface area contributed by atoms with Crippen LogP contribution in [0.4, 0.5) is 5.69 Å². The van der Waals surface area contributed by atoms with Crippen LogP contribution < -0.4 is 4.90 Å². The second-order valence-corrected chi connectivity index (χ2v) is 3.69. The molecule has 0 saturated heterocycles. The van der Waals surface area contributed by atoms with Gasteiger partial charge in [-0.25, -0.2) is 0 Å². The molecule has 0 radical (unpaired) electrons. The van der Waals surface area contributed by atoms with Gasteiger partial charge in [-0.2, -0.15) is 10.5 Å². The molecule has 0 heterocycles. The highest BCUT2D eigenvalue weighted by molar-refractivity contribution is 5.47. The van der Waals surface area contributed by atoms with E-state index in [4.69, 9.17) is 10.5 Å². The zero-order valence-corrected chi connectivity index (χ0v) is 9.48. The van der Waals surface area contributed by atoms with Gasteiger partial charge in [-0.05, 0) is 30.5 Å². The van der Waals surface area contributed by atoms with Crippen molar-refractivity contribution in [1.29, 1.82) is 10.5 Å². The van der Waals surface area contributed by atoms with Crippen LogP contribution in [0.3, 0.4) is 0 Å². The van der Waals surface area contributed by atoms with Crippen molar-refractivity contribution in [3.63, 3.8) is 0 Å². The standard InChI is InChI=1S/C13H15N3/c1-16(11-10-15)13-7-5-12(6-8-13)4-2-3-9-14/h5-8H,2-4,11H2,1H3. The SMILES string of the molecule is CN(CC#N)c1ccc(CCCC#N)cc1. The number of nitrogens with zero attached hydrogens (tertiary/aromatic N) is 3. The minimum absolute atomic E-state index is 0.397. The summed E-state index contributed by atoms with van der Waals surface area (Å²) in [4.78, 5) is 1.90. The lowest BCUT2D eigenvalue weighted by atomic mass is 10.1. The summed E-state index contributed by atoms with van der Waals surface area (Å²) < 4.78 is 0. The summed E-state index contributed by atoms with van der Waals surface area (Å²) in [5.74, 6) is 0. The summed E-state index contributed by atoms with van der Waals surface area (Å²) in [5, 5.41) is 17.0. The Balaban J connectivity index is 2.55. The van der Waals surface area contributed by atoms with Gasteiger partial charge in [0.1, 0.15) is 6.54 Å². The summed E-state index contributed by atoms with van der Waals surface area (Å²) in [6.45, 7) is 0.397. The Hall–Kier alpha value is -2.00. The third-order valence-corrected chi connectivity index (χ3v) is 2.44. The average Bonchev–Trinajstić information content (AvgIpc) is 2.30. The van der Waals surface area contributed by atoms with Gasteiger partial charge in [-0.15, -0.1) is 0 Å². The maximum atomic E-state index is 8.57. The van der Waals surface area contributed by atoms with E-state index in [1.807, 2.05) is 24.1 Å². The molecule has 0 fully saturated rings. The number of rotatable bonds is 5. The quantitative estimate of drug-likeness (QED) is 0.557. The normalized spacial score (nSPS) is 9.19. The second-order valence-electron chi connectivity index (χ2n) is 3.69. The summed E-state index contributed by atoms with van der Waals surface area (Å²) >= 11 is 0. The third kappa shape index (κ3) is 3.63. The number of unbranched alkanes of at least 4 members (excludes halogenated alkanes) is 1. The number of aryl methyl sites for hydroxylation is 1. The number of benzene rings is 1. The molecule has 0 saturated carbocycles. The number of anilines is 1. The van der Waals surface area contributed by atoms with Crippen LogP contribution in [0.25, 0.3) is 0 Å². The van der Waals surface area contributed by atoms with Crippen molar-refractivity contribution < 1.29 is 0 Å². The van der Waals surface area contributed by atoms with E-state index < -0.39 is 0 Å². The van der Waals surface area contributed by atoms with Gasteiger partial charge in [-0.1, -0.05) is 12.1 Å². The fraction of sp³-hybridized carbons (Fsp3) is 0.385. The second kappa shape index (κ2) is 6.48. The predicted octanol–water partition coefficient (Wildman–Crippen LogP) is 2.49. The summed E-state index contributed by atoms with van der Waals surface area (Å²) in [7, 11) is 1.90. The Morgan fingerprint density at radius 2 is 1.81 bits per heavy atom. The van der Waals surface area contributed by atoms with Gasteiger partial charge in [0.15, 0.2) is 0 Å². The van der Waals surface area contributed by atoms with Crippen molar-refractivity contribution in [1.82, 2.24) is 0 Å². The minimum Gasteiger partial charge on any atom is -0.361 e. The van der Waals surface area contributed by atoms with Crippen LogP contribution in [0.15, 0.2) is 24.3 Å². The van der Waals surface area contributed by atoms with Gasteiger partial charge < -0.3 is 4.90 Å². The van der Waals surface area contributed by atoms with Crippen LogP contribution in [-0.4, -0.2) is 13.6 Å². The van der Waals surface area contributed by atoms with E-state index in [2.05, 4.69) is 24.3 Å². The molecule has 0 aromatic heterocycles. The number of nitriles is 2. The first kappa shape index (κ1) is 12.1. The zero-order chi connectivity index (χ0) is 11.8. The van der Waals surface area contributed by atoms with Crippen LogP contribution in [0.2, 0.25) is 0 Å². The molecule has 0 aliphatic rings. The third-order valence-electron chi connectivity index (χ3n) is 2.44. The van der Waals surface area contributed by atoms with E-state index in [1.165, 1.54) is 5.56 Å². The van der Waals surface area contributed by atoms with Crippen molar-refractivity contribution in [2.75, 3.05) is 18.5 Å². The summed E-state index contributed by atoms with van der Waals surface area (Å²) in [6, 6.07) is 12.4. The van der Waals surface area contributed by atoms with Crippen LogP contribution in [0, 0.1) is 22.7 Å². The summed E-state index contributed by atoms with van der Waals surface area (Å²) in [6.07, 6.45) is 2.45. The first-order valence-electron chi connectivity index (χ1n) is 5.32. The molecule has 82 valence electrons. The highest BCUT2D eigenvalue weighted by atomic mass is 15.1. The molecule has 1 rings (SSSR count). The van der Waals surface area contributed by atoms with E-state index in [0.717, 1.165) is 18.5 Å². The lowest BCUT2D eigenvalue weighted by molar-refractivity contribution is 0.850. The van der Waals surface area contributed by atoms with Crippen molar-refractivity contribution in [2.45, 2.75) is 19.3 Å². The van der Waals surface area contributed by atoms with Crippen LogP contribution in [0.1, 0.15) is 18.4 Å². The van der Waals surface area contributed by atoms with Gasteiger partial charge in [-0.3, -0.25) is 0 Å². The van der Waals surface area contributed by atoms with Crippen LogP contribution in [0.5, 0.6) is 0 Å². The van der Waals surface area contributed by atoms with Crippen molar-refractivity contribution >= 4 is 5.69 Å². The maximum Gasteiger partial charge on any atom is 0.105 e. The predicted molar refractivity (Wildman–Crippen MR) is 63.9 cm³/mol. The van der Waals surface area contributed by atoms with Gasteiger partial charge in [0.2, 0.25) is 0 Å². The number of hydrogen-bond acceptors (Lipinski definition) is 3. The molecule has 0 N–H and O–H groups in total. The van der Waals surface area contributed by atoms with Gasteiger partial charge in [0.05, 0.1) is 12.1 Å². The first-order chi connectivity index (χ1) is 7.77. The van der Waals surface area contributed by atoms with Crippen LogP contribution in [-0.2, 0) is 6.42 Å². The Bertz CT molecular complexity index is 395. The van der Waals surface area contributed by atoms with Gasteiger partial charge in [0, 0.05) is 19.2 Å². The largest absolute Gasteiger partial charge is 0.361 e. The number of hydrogen-bond donors (Lipinski definition) is 0. The smallest absolute Gasteiger partial charge is 0.105 e. The molecular formula is C13H15N3. The molecule has 0 aliphatic carbocycles. The molecule has 16 heavy (non-hydrogen) atoms. The Morgan fingerprint density at radius 3 is 2.38 bits per heavy atom. The Morgan fingerprint density at radius 1 is 1.12 bits per heavy atom. The molecule has 0 aliphatic heterocycles. The van der Waals surface area contributed by atoms with E-state index in [0.29, 0.717) is 13.0 Å². The van der Waals surface area contributed by atoms with Gasteiger partial charge in [0.25, 0.3) is 0 Å². The van der Waals surface area contributed by atoms with E-state index >= 15 is 0 Å². The van der Waals surface area contributed by atoms with Crippen molar-refractivity contribution in [3.8, 4) is 12.1 Å². The van der Waals surface area contributed by atoms with Crippen molar-refractivity contribution in [3.05, 3.63) is 29.8 Å². The molecule has 0 amide bonds. The Labute approximate surface area is 96.5 Å². The van der Waals surface area contributed by atoms with Crippen molar-refractivity contribution in [2.24, 2.45) is 0 Å². The maximum absolute atomic E-state index is 8.57. The fourth-order valence-electron chi connectivity index (χ4n) is 1.49. The van der Waals surface area contributed by atoms with E-state index in [-0.39, 0.29) is 0 Å². The topological polar surface area (TPSA) is 50.8 Å².